The number of nitrogens with one attached hydrogen (secondary N) is 1. The Bertz CT molecular complexity index is 429. The van der Waals surface area contributed by atoms with Crippen LogP contribution in [0, 0.1) is 5.41 Å². The van der Waals surface area contributed by atoms with Crippen LogP contribution in [0.1, 0.15) is 52.0 Å². The van der Waals surface area contributed by atoms with Crippen LogP contribution in [0.25, 0.3) is 0 Å². The van der Waals surface area contributed by atoms with Gasteiger partial charge in [-0.15, -0.1) is 0 Å². The fourth-order valence-corrected chi connectivity index (χ4v) is 3.65. The summed E-state index contributed by atoms with van der Waals surface area (Å²) in [7, 11) is 0. The predicted molar refractivity (Wildman–Crippen MR) is 93.2 cm³/mol. The van der Waals surface area contributed by atoms with E-state index in [2.05, 4.69) is 55.3 Å². The first-order chi connectivity index (χ1) is 10.2. The molecule has 0 saturated carbocycles. The summed E-state index contributed by atoms with van der Waals surface area (Å²) in [5.41, 5.74) is 3.38. The first-order valence-corrected chi connectivity index (χ1v) is 8.72. The van der Waals surface area contributed by atoms with Gasteiger partial charge in [-0.2, -0.15) is 0 Å². The topological polar surface area (TPSA) is 15.3 Å². The minimum Gasteiger partial charge on any atom is -0.371 e. The Morgan fingerprint density at radius 2 is 2.00 bits per heavy atom. The van der Waals surface area contributed by atoms with E-state index in [1.165, 1.54) is 56.4 Å². The second-order valence-electron chi connectivity index (χ2n) is 6.85. The molecule has 1 unspecified atom stereocenters. The van der Waals surface area contributed by atoms with E-state index < -0.39 is 0 Å². The molecule has 21 heavy (non-hydrogen) atoms. The molecule has 0 bridgehead atoms. The number of hydrogen-bond acceptors (Lipinski definition) is 2. The number of aryl methyl sites for hydroxylation is 1. The standard InChI is InChI=1S/C19H32N2/c1-4-13-19(3,15-20-5-2)16-21-14-9-8-11-17-10-6-7-12-18(17)21/h6-7,10,12,20H,4-5,8-9,11,13-16H2,1-3H3. The van der Waals surface area contributed by atoms with Crippen molar-refractivity contribution in [1.29, 1.82) is 0 Å². The van der Waals surface area contributed by atoms with Crippen LogP contribution in [0.15, 0.2) is 24.3 Å². The molecule has 0 aromatic heterocycles. The monoisotopic (exact) mass is 288 g/mol. The van der Waals surface area contributed by atoms with Gasteiger partial charge in [-0.25, -0.2) is 0 Å². The largest absolute Gasteiger partial charge is 0.371 e. The summed E-state index contributed by atoms with van der Waals surface area (Å²) < 4.78 is 0. The first kappa shape index (κ1) is 16.4. The number of rotatable bonds is 7. The molecule has 1 aliphatic heterocycles. The van der Waals surface area contributed by atoms with Gasteiger partial charge >= 0.3 is 0 Å². The van der Waals surface area contributed by atoms with Crippen LogP contribution in [0.4, 0.5) is 5.69 Å². The second kappa shape index (κ2) is 7.84. The Morgan fingerprint density at radius 3 is 2.76 bits per heavy atom. The maximum absolute atomic E-state index is 3.58. The van der Waals surface area contributed by atoms with Crippen LogP contribution in [-0.4, -0.2) is 26.2 Å². The Morgan fingerprint density at radius 1 is 1.19 bits per heavy atom. The van der Waals surface area contributed by atoms with E-state index in [4.69, 9.17) is 0 Å². The Kier molecular flexibility index (Phi) is 6.10. The molecule has 1 N–H and O–H groups in total. The normalized spacial score (nSPS) is 18.0. The van der Waals surface area contributed by atoms with Crippen molar-refractivity contribution in [2.24, 2.45) is 5.41 Å². The maximum atomic E-state index is 3.58. The SMILES string of the molecule is CCCC(C)(CNCC)CN1CCCCc2ccccc21. The summed E-state index contributed by atoms with van der Waals surface area (Å²) in [5.74, 6) is 0. The minimum absolute atomic E-state index is 0.363. The highest BCUT2D eigenvalue weighted by Gasteiger charge is 2.27. The van der Waals surface area contributed by atoms with Crippen LogP contribution in [-0.2, 0) is 6.42 Å². The van der Waals surface area contributed by atoms with Gasteiger partial charge in [0.15, 0.2) is 0 Å². The lowest BCUT2D eigenvalue weighted by atomic mass is 9.84. The first-order valence-electron chi connectivity index (χ1n) is 8.72. The highest BCUT2D eigenvalue weighted by atomic mass is 15.1. The summed E-state index contributed by atoms with van der Waals surface area (Å²) >= 11 is 0. The van der Waals surface area contributed by atoms with Crippen molar-refractivity contribution in [3.05, 3.63) is 29.8 Å². The number of fused-ring (bicyclic) bond motifs is 1. The van der Waals surface area contributed by atoms with Crippen molar-refractivity contribution in [2.75, 3.05) is 31.1 Å². The lowest BCUT2D eigenvalue weighted by molar-refractivity contribution is 0.282. The van der Waals surface area contributed by atoms with Crippen molar-refractivity contribution in [2.45, 2.75) is 52.9 Å². The molecule has 0 spiro atoms. The van der Waals surface area contributed by atoms with Gasteiger partial charge in [-0.3, -0.25) is 0 Å². The maximum Gasteiger partial charge on any atom is 0.0398 e. The lowest BCUT2D eigenvalue weighted by Gasteiger charge is -2.37. The second-order valence-corrected chi connectivity index (χ2v) is 6.85. The van der Waals surface area contributed by atoms with Gasteiger partial charge < -0.3 is 10.2 Å². The molecule has 0 saturated heterocycles. The number of hydrogen-bond donors (Lipinski definition) is 1. The molecule has 2 rings (SSSR count). The molecule has 1 aromatic rings. The van der Waals surface area contributed by atoms with Crippen molar-refractivity contribution in [1.82, 2.24) is 5.32 Å². The van der Waals surface area contributed by atoms with Crippen LogP contribution in [0.3, 0.4) is 0 Å². The molecule has 1 atom stereocenters. The fraction of sp³-hybridized carbons (Fsp3) is 0.684. The van der Waals surface area contributed by atoms with Gasteiger partial charge in [0.05, 0.1) is 0 Å². The Hall–Kier alpha value is -1.02. The van der Waals surface area contributed by atoms with Crippen molar-refractivity contribution < 1.29 is 0 Å². The van der Waals surface area contributed by atoms with Gasteiger partial charge in [-0.1, -0.05) is 45.4 Å². The van der Waals surface area contributed by atoms with E-state index in [1.54, 1.807) is 0 Å². The molecule has 1 aromatic carbocycles. The van der Waals surface area contributed by atoms with Crippen LogP contribution in [0.5, 0.6) is 0 Å². The molecule has 1 aliphatic rings. The van der Waals surface area contributed by atoms with E-state index in [0.29, 0.717) is 5.41 Å². The van der Waals surface area contributed by atoms with E-state index in [9.17, 15) is 0 Å². The minimum atomic E-state index is 0.363. The zero-order chi connectivity index (χ0) is 15.1. The lowest BCUT2D eigenvalue weighted by Crippen LogP contribution is -2.43. The van der Waals surface area contributed by atoms with Crippen LogP contribution >= 0.6 is 0 Å². The highest BCUT2D eigenvalue weighted by Crippen LogP contribution is 2.31. The summed E-state index contributed by atoms with van der Waals surface area (Å²) in [6.45, 7) is 11.5. The summed E-state index contributed by atoms with van der Waals surface area (Å²) in [5, 5.41) is 3.58. The van der Waals surface area contributed by atoms with Gasteiger partial charge in [-0.05, 0) is 49.3 Å². The summed E-state index contributed by atoms with van der Waals surface area (Å²) in [6, 6.07) is 9.01. The smallest absolute Gasteiger partial charge is 0.0398 e. The molecule has 2 nitrogen and oxygen atoms in total. The van der Waals surface area contributed by atoms with Crippen molar-refractivity contribution in [3.63, 3.8) is 0 Å². The van der Waals surface area contributed by atoms with Crippen molar-refractivity contribution >= 4 is 5.69 Å². The van der Waals surface area contributed by atoms with Gasteiger partial charge in [0.25, 0.3) is 0 Å². The quantitative estimate of drug-likeness (QED) is 0.807. The third kappa shape index (κ3) is 4.47. The number of anilines is 1. The zero-order valence-electron chi connectivity index (χ0n) is 14.1. The molecule has 118 valence electrons. The molecule has 0 radical (unpaired) electrons. The van der Waals surface area contributed by atoms with E-state index in [-0.39, 0.29) is 0 Å². The third-order valence-corrected chi connectivity index (χ3v) is 4.68. The predicted octanol–water partition coefficient (Wildman–Crippen LogP) is 4.25. The average Bonchev–Trinajstić information content (AvgIpc) is 2.68. The van der Waals surface area contributed by atoms with Gasteiger partial charge in [0.1, 0.15) is 0 Å². The van der Waals surface area contributed by atoms with Gasteiger partial charge in [0, 0.05) is 25.3 Å². The highest BCUT2D eigenvalue weighted by molar-refractivity contribution is 5.54. The van der Waals surface area contributed by atoms with E-state index in [1.807, 2.05) is 0 Å². The molecule has 0 fully saturated rings. The molecule has 0 amide bonds. The Labute approximate surface area is 130 Å². The molecular formula is C19H32N2. The Balaban J connectivity index is 2.15. The number of nitrogens with zero attached hydrogens (tertiary/aromatic N) is 1. The van der Waals surface area contributed by atoms with Crippen molar-refractivity contribution in [3.8, 4) is 0 Å². The molecule has 2 heteroatoms. The fourth-order valence-electron chi connectivity index (χ4n) is 3.65. The van der Waals surface area contributed by atoms with Crippen LogP contribution < -0.4 is 10.2 Å². The molecular weight excluding hydrogens is 256 g/mol. The van der Waals surface area contributed by atoms with Gasteiger partial charge in [0.2, 0.25) is 0 Å². The summed E-state index contributed by atoms with van der Waals surface area (Å²) in [6.07, 6.45) is 6.43. The molecule has 1 heterocycles. The van der Waals surface area contributed by atoms with E-state index >= 15 is 0 Å². The average molecular weight is 288 g/mol. The molecule has 0 aliphatic carbocycles. The number of para-hydroxylation sites is 1. The van der Waals surface area contributed by atoms with Crippen LogP contribution in [0.2, 0.25) is 0 Å². The zero-order valence-corrected chi connectivity index (χ0v) is 14.1. The van der Waals surface area contributed by atoms with E-state index in [0.717, 1.165) is 13.1 Å². The summed E-state index contributed by atoms with van der Waals surface area (Å²) in [4.78, 5) is 2.65. The third-order valence-electron chi connectivity index (χ3n) is 4.68. The number of benzene rings is 1.